The van der Waals surface area contributed by atoms with E-state index in [2.05, 4.69) is 6.07 Å². The molecule has 0 saturated heterocycles. The molecule has 2 rings (SSSR count). The van der Waals surface area contributed by atoms with Gasteiger partial charge in [0.1, 0.15) is 0 Å². The molecule has 0 spiro atoms. The Hall–Kier alpha value is -1.80. The van der Waals surface area contributed by atoms with Gasteiger partial charge in [0, 0.05) is 5.56 Å². The van der Waals surface area contributed by atoms with E-state index in [9.17, 15) is 4.79 Å². The molecule has 0 fully saturated rings. The molecule has 0 heterocycles. The Labute approximate surface area is 124 Å². The third kappa shape index (κ3) is 2.70. The van der Waals surface area contributed by atoms with Crippen molar-refractivity contribution in [1.29, 1.82) is 0 Å². The van der Waals surface area contributed by atoms with E-state index in [1.807, 2.05) is 37.3 Å². The van der Waals surface area contributed by atoms with E-state index in [0.29, 0.717) is 17.2 Å². The zero-order valence-corrected chi connectivity index (χ0v) is 12.6. The maximum Gasteiger partial charge on any atom is 0.335 e. The van der Waals surface area contributed by atoms with Gasteiger partial charge in [-0.3, -0.25) is 0 Å². The fourth-order valence-corrected chi connectivity index (χ4v) is 2.52. The first-order valence-corrected chi connectivity index (χ1v) is 6.96. The van der Waals surface area contributed by atoms with E-state index >= 15 is 0 Å². The highest BCUT2D eigenvalue weighted by molar-refractivity contribution is 6.52. The maximum absolute atomic E-state index is 11.8. The molecule has 2 aromatic carbocycles. The number of esters is 1. The van der Waals surface area contributed by atoms with E-state index in [4.69, 9.17) is 16.3 Å². The first kappa shape index (κ1) is 14.6. The number of fused-ring (bicyclic) bond motifs is 1. The molecule has 0 aromatic heterocycles. The molecule has 0 aliphatic heterocycles. The zero-order chi connectivity index (χ0) is 14.7. The summed E-state index contributed by atoms with van der Waals surface area (Å²) >= 11 is 6.45. The smallest absolute Gasteiger partial charge is 0.335 e. The summed E-state index contributed by atoms with van der Waals surface area (Å²) in [6.07, 6.45) is 0. The third-order valence-corrected chi connectivity index (χ3v) is 3.74. The molecule has 0 aliphatic carbocycles. The number of ether oxygens (including phenoxy) is 1. The van der Waals surface area contributed by atoms with Gasteiger partial charge in [-0.05, 0) is 37.1 Å². The summed E-state index contributed by atoms with van der Waals surface area (Å²) in [7, 11) is 0. The SMILES string of the molecule is CCOC(=O)/C(C)=C(\Cl)c1c(C)ccc2ccccc12. The highest BCUT2D eigenvalue weighted by Crippen LogP contribution is 2.33. The first-order chi connectivity index (χ1) is 9.56. The van der Waals surface area contributed by atoms with Crippen LogP contribution in [0.25, 0.3) is 15.8 Å². The predicted molar refractivity (Wildman–Crippen MR) is 83.8 cm³/mol. The van der Waals surface area contributed by atoms with Gasteiger partial charge >= 0.3 is 5.97 Å². The number of halogens is 1. The zero-order valence-electron chi connectivity index (χ0n) is 11.9. The van der Waals surface area contributed by atoms with E-state index in [0.717, 1.165) is 21.9 Å². The van der Waals surface area contributed by atoms with Crippen molar-refractivity contribution >= 4 is 33.4 Å². The number of aryl methyl sites for hydroxylation is 1. The average Bonchev–Trinajstić information content (AvgIpc) is 2.46. The molecule has 20 heavy (non-hydrogen) atoms. The van der Waals surface area contributed by atoms with Crippen LogP contribution in [0.1, 0.15) is 25.0 Å². The van der Waals surface area contributed by atoms with Crippen molar-refractivity contribution in [1.82, 2.24) is 0 Å². The summed E-state index contributed by atoms with van der Waals surface area (Å²) in [5.74, 6) is -0.371. The number of carbonyl (C=O) groups is 1. The Morgan fingerprint density at radius 3 is 2.60 bits per heavy atom. The second kappa shape index (κ2) is 6.10. The van der Waals surface area contributed by atoms with Gasteiger partial charge in [0.15, 0.2) is 0 Å². The van der Waals surface area contributed by atoms with Crippen molar-refractivity contribution in [3.8, 4) is 0 Å². The monoisotopic (exact) mass is 288 g/mol. The van der Waals surface area contributed by atoms with Crippen molar-refractivity contribution in [3.63, 3.8) is 0 Å². The van der Waals surface area contributed by atoms with Crippen LogP contribution in [0.15, 0.2) is 42.0 Å². The summed E-state index contributed by atoms with van der Waals surface area (Å²) in [6, 6.07) is 12.1. The molecule has 2 aromatic rings. The van der Waals surface area contributed by atoms with Gasteiger partial charge in [-0.25, -0.2) is 4.79 Å². The molecule has 0 unspecified atom stereocenters. The summed E-state index contributed by atoms with van der Waals surface area (Å²) < 4.78 is 5.02. The molecule has 0 bridgehead atoms. The first-order valence-electron chi connectivity index (χ1n) is 6.58. The maximum atomic E-state index is 11.8. The van der Waals surface area contributed by atoms with Crippen LogP contribution in [0.2, 0.25) is 0 Å². The Morgan fingerprint density at radius 2 is 1.90 bits per heavy atom. The topological polar surface area (TPSA) is 26.3 Å². The lowest BCUT2D eigenvalue weighted by atomic mass is 9.98. The van der Waals surface area contributed by atoms with E-state index in [-0.39, 0.29) is 5.97 Å². The van der Waals surface area contributed by atoms with Crippen LogP contribution in [0.4, 0.5) is 0 Å². The highest BCUT2D eigenvalue weighted by atomic mass is 35.5. The summed E-state index contributed by atoms with van der Waals surface area (Å²) in [5, 5.41) is 2.60. The molecule has 0 N–H and O–H groups in total. The van der Waals surface area contributed by atoms with Crippen LogP contribution >= 0.6 is 11.6 Å². The van der Waals surface area contributed by atoms with Gasteiger partial charge in [0.25, 0.3) is 0 Å². The van der Waals surface area contributed by atoms with Crippen LogP contribution in [0.3, 0.4) is 0 Å². The molecule has 0 saturated carbocycles. The molecule has 104 valence electrons. The Balaban J connectivity index is 2.65. The lowest BCUT2D eigenvalue weighted by molar-refractivity contribution is -0.138. The fraction of sp³-hybridized carbons (Fsp3) is 0.235. The molecular weight excluding hydrogens is 272 g/mol. The van der Waals surface area contributed by atoms with Gasteiger partial charge < -0.3 is 4.74 Å². The van der Waals surface area contributed by atoms with Crippen molar-refractivity contribution in [3.05, 3.63) is 53.1 Å². The minimum absolute atomic E-state index is 0.342. The average molecular weight is 289 g/mol. The van der Waals surface area contributed by atoms with Crippen LogP contribution < -0.4 is 0 Å². The van der Waals surface area contributed by atoms with Crippen LogP contribution in [-0.2, 0) is 9.53 Å². The molecule has 0 radical (unpaired) electrons. The molecule has 2 nitrogen and oxygen atoms in total. The highest BCUT2D eigenvalue weighted by Gasteiger charge is 2.15. The van der Waals surface area contributed by atoms with Gasteiger partial charge in [-0.15, -0.1) is 0 Å². The van der Waals surface area contributed by atoms with E-state index < -0.39 is 0 Å². The van der Waals surface area contributed by atoms with Crippen molar-refractivity contribution in [2.45, 2.75) is 20.8 Å². The number of carbonyl (C=O) groups excluding carboxylic acids is 1. The Bertz CT molecular complexity index is 686. The van der Waals surface area contributed by atoms with E-state index in [1.165, 1.54) is 0 Å². The molecular formula is C17H17ClO2. The largest absolute Gasteiger partial charge is 0.463 e. The van der Waals surface area contributed by atoms with Crippen molar-refractivity contribution in [2.75, 3.05) is 6.61 Å². The number of benzene rings is 2. The lowest BCUT2D eigenvalue weighted by Crippen LogP contribution is -2.06. The van der Waals surface area contributed by atoms with E-state index in [1.54, 1.807) is 13.8 Å². The second-order valence-electron chi connectivity index (χ2n) is 4.64. The van der Waals surface area contributed by atoms with Gasteiger partial charge in [0.05, 0.1) is 17.2 Å². The second-order valence-corrected chi connectivity index (χ2v) is 5.02. The van der Waals surface area contributed by atoms with Crippen LogP contribution in [0.5, 0.6) is 0 Å². The number of hydrogen-bond donors (Lipinski definition) is 0. The predicted octanol–water partition coefficient (Wildman–Crippen LogP) is 4.68. The van der Waals surface area contributed by atoms with Crippen molar-refractivity contribution in [2.24, 2.45) is 0 Å². The van der Waals surface area contributed by atoms with Gasteiger partial charge in [-0.2, -0.15) is 0 Å². The molecule has 3 heteroatoms. The summed E-state index contributed by atoms with van der Waals surface area (Å²) in [4.78, 5) is 11.8. The standard InChI is InChI=1S/C17H17ClO2/c1-4-20-17(19)12(3)16(18)15-11(2)9-10-13-7-5-6-8-14(13)15/h5-10H,4H2,1-3H3/b16-12-. The van der Waals surface area contributed by atoms with Gasteiger partial charge in [0.2, 0.25) is 0 Å². The normalized spacial score (nSPS) is 12.2. The minimum Gasteiger partial charge on any atom is -0.463 e. The quantitative estimate of drug-likeness (QED) is 0.605. The summed E-state index contributed by atoms with van der Waals surface area (Å²) in [6.45, 7) is 5.81. The van der Waals surface area contributed by atoms with Crippen LogP contribution in [-0.4, -0.2) is 12.6 Å². The minimum atomic E-state index is -0.371. The summed E-state index contributed by atoms with van der Waals surface area (Å²) in [5.41, 5.74) is 2.38. The van der Waals surface area contributed by atoms with Crippen LogP contribution in [0, 0.1) is 6.92 Å². The molecule has 0 amide bonds. The van der Waals surface area contributed by atoms with Gasteiger partial charge in [-0.1, -0.05) is 48.0 Å². The third-order valence-electron chi connectivity index (χ3n) is 3.27. The molecule has 0 atom stereocenters. The number of rotatable bonds is 3. The fourth-order valence-electron chi connectivity index (χ4n) is 2.19. The number of hydrogen-bond acceptors (Lipinski definition) is 2. The lowest BCUT2D eigenvalue weighted by Gasteiger charge is -2.12. The Kier molecular flexibility index (Phi) is 4.46. The molecule has 0 aliphatic rings. The Morgan fingerprint density at radius 1 is 1.20 bits per heavy atom. The van der Waals surface area contributed by atoms with Crippen molar-refractivity contribution < 1.29 is 9.53 Å².